The molecule has 31 heavy (non-hydrogen) atoms. The van der Waals surface area contributed by atoms with Crippen LogP contribution >= 0.6 is 0 Å². The summed E-state index contributed by atoms with van der Waals surface area (Å²) in [6, 6.07) is 17.5. The highest BCUT2D eigenvalue weighted by atomic mass is 16.5. The third-order valence-corrected chi connectivity index (χ3v) is 5.42. The van der Waals surface area contributed by atoms with Gasteiger partial charge in [-0.2, -0.15) is 0 Å². The summed E-state index contributed by atoms with van der Waals surface area (Å²) >= 11 is 0. The molecular formula is C25H26N4O2. The van der Waals surface area contributed by atoms with Gasteiger partial charge in [-0.05, 0) is 61.7 Å². The van der Waals surface area contributed by atoms with Gasteiger partial charge in [-0.15, -0.1) is 0 Å². The largest absolute Gasteiger partial charge is 0.493 e. The molecule has 0 radical (unpaired) electrons. The van der Waals surface area contributed by atoms with Crippen LogP contribution in [0.4, 0.5) is 0 Å². The normalized spacial score (nSPS) is 10.9. The first kappa shape index (κ1) is 20.6. The number of amides is 1. The molecule has 1 amide bonds. The maximum atomic E-state index is 12.4. The minimum absolute atomic E-state index is 0.140. The number of aromatic nitrogens is 3. The number of benzene rings is 2. The molecular weight excluding hydrogens is 388 g/mol. The lowest BCUT2D eigenvalue weighted by Gasteiger charge is -2.13. The van der Waals surface area contributed by atoms with E-state index in [1.54, 1.807) is 24.5 Å². The highest BCUT2D eigenvalue weighted by molar-refractivity contribution is 5.93. The highest BCUT2D eigenvalue weighted by Gasteiger charge is 2.12. The number of fused-ring (bicyclic) bond motifs is 1. The van der Waals surface area contributed by atoms with E-state index in [4.69, 9.17) is 9.72 Å². The average molecular weight is 415 g/mol. The zero-order chi connectivity index (χ0) is 21.6. The van der Waals surface area contributed by atoms with Gasteiger partial charge in [-0.25, -0.2) is 4.98 Å². The minimum Gasteiger partial charge on any atom is -0.493 e. The second-order valence-corrected chi connectivity index (χ2v) is 7.49. The number of imidazole rings is 1. The van der Waals surface area contributed by atoms with Gasteiger partial charge in [0.1, 0.15) is 11.6 Å². The van der Waals surface area contributed by atoms with Crippen LogP contribution < -0.4 is 10.1 Å². The maximum absolute atomic E-state index is 12.4. The fourth-order valence-corrected chi connectivity index (χ4v) is 3.56. The number of carbonyl (C=O) groups excluding carboxylic acids is 1. The van der Waals surface area contributed by atoms with E-state index in [2.05, 4.69) is 40.8 Å². The summed E-state index contributed by atoms with van der Waals surface area (Å²) in [6.45, 7) is 5.89. The van der Waals surface area contributed by atoms with Crippen molar-refractivity contribution in [2.75, 3.05) is 6.61 Å². The summed E-state index contributed by atoms with van der Waals surface area (Å²) < 4.78 is 8.18. The number of hydrogen-bond donors (Lipinski definition) is 1. The molecule has 0 unspecified atom stereocenters. The zero-order valence-corrected chi connectivity index (χ0v) is 17.8. The fourth-order valence-electron chi connectivity index (χ4n) is 3.56. The van der Waals surface area contributed by atoms with Crippen molar-refractivity contribution in [2.24, 2.45) is 0 Å². The van der Waals surface area contributed by atoms with Crippen LogP contribution in [0.5, 0.6) is 5.75 Å². The molecule has 0 spiro atoms. The molecule has 0 aliphatic rings. The standard InChI is InChI=1S/C25H26N4O2/c1-18-7-5-10-23(19(18)2)31-16-6-15-29-22-9-4-3-8-21(22)28-24(29)17-27-25(30)20-11-13-26-14-12-20/h3-5,7-14H,6,15-17H2,1-2H3,(H,27,30). The van der Waals surface area contributed by atoms with Gasteiger partial charge in [0.15, 0.2) is 0 Å². The van der Waals surface area contributed by atoms with Crippen molar-refractivity contribution in [1.29, 1.82) is 0 Å². The molecule has 0 aliphatic heterocycles. The van der Waals surface area contributed by atoms with Crippen LogP contribution in [0, 0.1) is 13.8 Å². The monoisotopic (exact) mass is 414 g/mol. The molecule has 1 N–H and O–H groups in total. The predicted molar refractivity (Wildman–Crippen MR) is 121 cm³/mol. The van der Waals surface area contributed by atoms with Gasteiger partial charge in [0.25, 0.3) is 5.91 Å². The fraction of sp³-hybridized carbons (Fsp3) is 0.240. The summed E-state index contributed by atoms with van der Waals surface area (Å²) in [7, 11) is 0. The molecule has 2 heterocycles. The average Bonchev–Trinajstić information content (AvgIpc) is 3.15. The molecule has 0 saturated carbocycles. The van der Waals surface area contributed by atoms with Gasteiger partial charge in [-0.3, -0.25) is 9.78 Å². The Labute approximate surface area is 181 Å². The third kappa shape index (κ3) is 4.74. The Morgan fingerprint density at radius 2 is 1.84 bits per heavy atom. The quantitative estimate of drug-likeness (QED) is 0.433. The summed E-state index contributed by atoms with van der Waals surface area (Å²) in [5.74, 6) is 1.62. The number of hydrogen-bond acceptors (Lipinski definition) is 4. The Bertz CT molecular complexity index is 1180. The van der Waals surface area contributed by atoms with E-state index in [0.717, 1.165) is 35.6 Å². The first-order valence-corrected chi connectivity index (χ1v) is 10.4. The van der Waals surface area contributed by atoms with E-state index >= 15 is 0 Å². The van der Waals surface area contributed by atoms with Crippen molar-refractivity contribution in [3.63, 3.8) is 0 Å². The Kier molecular flexibility index (Phi) is 6.26. The summed E-state index contributed by atoms with van der Waals surface area (Å²) in [5.41, 5.74) is 4.97. The van der Waals surface area contributed by atoms with Crippen molar-refractivity contribution in [1.82, 2.24) is 19.9 Å². The number of para-hydroxylation sites is 2. The lowest BCUT2D eigenvalue weighted by atomic mass is 10.1. The summed E-state index contributed by atoms with van der Waals surface area (Å²) in [6.07, 6.45) is 4.05. The van der Waals surface area contributed by atoms with E-state index in [1.165, 1.54) is 11.1 Å². The lowest BCUT2D eigenvalue weighted by molar-refractivity contribution is 0.0949. The van der Waals surface area contributed by atoms with Crippen LogP contribution in [0.25, 0.3) is 11.0 Å². The molecule has 2 aromatic carbocycles. The van der Waals surface area contributed by atoms with E-state index in [0.29, 0.717) is 18.7 Å². The Hall–Kier alpha value is -3.67. The zero-order valence-electron chi connectivity index (χ0n) is 17.8. The second-order valence-electron chi connectivity index (χ2n) is 7.49. The molecule has 0 saturated heterocycles. The predicted octanol–water partition coefficient (Wildman–Crippen LogP) is 4.45. The van der Waals surface area contributed by atoms with E-state index in [9.17, 15) is 4.79 Å². The highest BCUT2D eigenvalue weighted by Crippen LogP contribution is 2.21. The van der Waals surface area contributed by atoms with Crippen molar-refractivity contribution in [3.8, 4) is 5.75 Å². The van der Waals surface area contributed by atoms with Crippen molar-refractivity contribution in [2.45, 2.75) is 33.4 Å². The molecule has 6 heteroatoms. The molecule has 4 aromatic rings. The molecule has 0 atom stereocenters. The van der Waals surface area contributed by atoms with Gasteiger partial charge < -0.3 is 14.6 Å². The van der Waals surface area contributed by atoms with Crippen molar-refractivity contribution < 1.29 is 9.53 Å². The van der Waals surface area contributed by atoms with Crippen molar-refractivity contribution in [3.05, 3.63) is 89.5 Å². The number of nitrogens with zero attached hydrogens (tertiary/aromatic N) is 3. The first-order chi connectivity index (χ1) is 15.1. The summed E-state index contributed by atoms with van der Waals surface area (Å²) in [5, 5.41) is 2.97. The maximum Gasteiger partial charge on any atom is 0.251 e. The van der Waals surface area contributed by atoms with E-state index in [-0.39, 0.29) is 5.91 Å². The molecule has 6 nitrogen and oxygen atoms in total. The summed E-state index contributed by atoms with van der Waals surface area (Å²) in [4.78, 5) is 21.1. The smallest absolute Gasteiger partial charge is 0.251 e. The van der Waals surface area contributed by atoms with Gasteiger partial charge in [0.2, 0.25) is 0 Å². The number of aryl methyl sites for hydroxylation is 2. The minimum atomic E-state index is -0.140. The van der Waals surface area contributed by atoms with Gasteiger partial charge in [-0.1, -0.05) is 24.3 Å². The van der Waals surface area contributed by atoms with E-state index < -0.39 is 0 Å². The number of nitrogens with one attached hydrogen (secondary N) is 1. The molecule has 0 aliphatic carbocycles. The van der Waals surface area contributed by atoms with Crippen LogP contribution in [0.3, 0.4) is 0 Å². The van der Waals surface area contributed by atoms with Crippen LogP contribution in [0.2, 0.25) is 0 Å². The van der Waals surface area contributed by atoms with Crippen LogP contribution in [0.1, 0.15) is 33.7 Å². The van der Waals surface area contributed by atoms with E-state index in [1.807, 2.05) is 30.3 Å². The Balaban J connectivity index is 1.43. The van der Waals surface area contributed by atoms with Crippen LogP contribution in [-0.4, -0.2) is 27.0 Å². The Morgan fingerprint density at radius 1 is 1.03 bits per heavy atom. The molecule has 2 aromatic heterocycles. The van der Waals surface area contributed by atoms with Gasteiger partial charge in [0.05, 0.1) is 24.2 Å². The molecule has 0 fully saturated rings. The van der Waals surface area contributed by atoms with Crippen LogP contribution in [0.15, 0.2) is 67.0 Å². The molecule has 0 bridgehead atoms. The molecule has 158 valence electrons. The van der Waals surface area contributed by atoms with Crippen LogP contribution in [-0.2, 0) is 13.1 Å². The number of rotatable bonds is 8. The van der Waals surface area contributed by atoms with Gasteiger partial charge in [0, 0.05) is 24.5 Å². The van der Waals surface area contributed by atoms with Crippen molar-refractivity contribution >= 4 is 16.9 Å². The number of ether oxygens (including phenoxy) is 1. The van der Waals surface area contributed by atoms with Gasteiger partial charge >= 0.3 is 0 Å². The second kappa shape index (κ2) is 9.43. The molecule has 4 rings (SSSR count). The topological polar surface area (TPSA) is 69.0 Å². The third-order valence-electron chi connectivity index (χ3n) is 5.42. The number of pyridine rings is 1. The SMILES string of the molecule is Cc1cccc(OCCCn2c(CNC(=O)c3ccncc3)nc3ccccc32)c1C. The number of carbonyl (C=O) groups is 1. The first-order valence-electron chi connectivity index (χ1n) is 10.4. The Morgan fingerprint density at radius 3 is 2.68 bits per heavy atom. The lowest BCUT2D eigenvalue weighted by Crippen LogP contribution is -2.25.